The van der Waals surface area contributed by atoms with Crippen LogP contribution in [0, 0.1) is 11.3 Å². The number of hydrogen-bond donors (Lipinski definition) is 2. The second-order valence-electron chi connectivity index (χ2n) is 7.91. The Balaban J connectivity index is 1.92. The average Bonchev–Trinajstić information content (AvgIpc) is 2.86. The number of carbonyl (C=O) groups is 2. The Morgan fingerprint density at radius 2 is 1.82 bits per heavy atom. The van der Waals surface area contributed by atoms with Crippen molar-refractivity contribution in [2.45, 2.75) is 31.6 Å². The van der Waals surface area contributed by atoms with Gasteiger partial charge in [0.05, 0.1) is 11.4 Å². The van der Waals surface area contributed by atoms with E-state index in [9.17, 15) is 9.59 Å². The second-order valence-corrected chi connectivity index (χ2v) is 9.23. The molecule has 34 heavy (non-hydrogen) atoms. The van der Waals surface area contributed by atoms with Crippen molar-refractivity contribution in [1.82, 2.24) is 9.71 Å². The molecule has 2 amide bonds. The van der Waals surface area contributed by atoms with Crippen molar-refractivity contribution < 1.29 is 9.59 Å². The molecule has 0 aliphatic heterocycles. The summed E-state index contributed by atoms with van der Waals surface area (Å²) in [4.78, 5) is 32.5. The number of halogens is 1. The molecule has 0 aliphatic carbocycles. The first-order valence-corrected chi connectivity index (χ1v) is 12.2. The molecule has 0 saturated carbocycles. The molecule has 0 saturated heterocycles. The van der Waals surface area contributed by atoms with Crippen LogP contribution < -0.4 is 9.62 Å². The summed E-state index contributed by atoms with van der Waals surface area (Å²) in [5.74, 6) is -0.345. The first kappa shape index (κ1) is 25.5. The Bertz CT molecular complexity index is 1140. The quantitative estimate of drug-likeness (QED) is 0.278. The molecule has 0 aliphatic rings. The summed E-state index contributed by atoms with van der Waals surface area (Å²) >= 11 is 7.44. The fourth-order valence-electron chi connectivity index (χ4n) is 3.26. The standard InChI is InChI=1S/C26H27ClN4O2S/c1-3-18(2)15-25(33)31(17-24(32)30-34-21-11-13-29-14-12-21)23-10-9-20(27)16-22(23)26(28)19-7-5-4-6-8-19/h4-14,16,18,28H,3,15,17H2,1-2H3,(H,30,32). The summed E-state index contributed by atoms with van der Waals surface area (Å²) in [6.07, 6.45) is 4.43. The Hall–Kier alpha value is -3.16. The lowest BCUT2D eigenvalue weighted by atomic mass is 9.99. The van der Waals surface area contributed by atoms with Crippen LogP contribution in [0.2, 0.25) is 5.02 Å². The van der Waals surface area contributed by atoms with Crippen molar-refractivity contribution in [1.29, 1.82) is 5.41 Å². The van der Waals surface area contributed by atoms with Crippen LogP contribution in [0.4, 0.5) is 5.69 Å². The molecule has 0 fully saturated rings. The monoisotopic (exact) mass is 494 g/mol. The molecule has 0 radical (unpaired) electrons. The molecule has 1 atom stereocenters. The maximum atomic E-state index is 13.3. The van der Waals surface area contributed by atoms with Gasteiger partial charge >= 0.3 is 0 Å². The average molecular weight is 495 g/mol. The molecule has 2 N–H and O–H groups in total. The number of aromatic nitrogens is 1. The van der Waals surface area contributed by atoms with Gasteiger partial charge < -0.3 is 4.90 Å². The number of amides is 2. The third-order valence-electron chi connectivity index (χ3n) is 5.34. The predicted octanol–water partition coefficient (Wildman–Crippen LogP) is 5.74. The zero-order valence-electron chi connectivity index (χ0n) is 19.1. The number of anilines is 1. The topological polar surface area (TPSA) is 86.2 Å². The van der Waals surface area contributed by atoms with Crippen LogP contribution in [0.5, 0.6) is 0 Å². The van der Waals surface area contributed by atoms with E-state index >= 15 is 0 Å². The molecule has 6 nitrogen and oxygen atoms in total. The highest BCUT2D eigenvalue weighted by Crippen LogP contribution is 2.28. The summed E-state index contributed by atoms with van der Waals surface area (Å²) < 4.78 is 2.79. The van der Waals surface area contributed by atoms with Gasteiger partial charge in [-0.2, -0.15) is 0 Å². The molecule has 176 valence electrons. The van der Waals surface area contributed by atoms with Gasteiger partial charge in [0.15, 0.2) is 0 Å². The predicted molar refractivity (Wildman–Crippen MR) is 138 cm³/mol. The molecular weight excluding hydrogens is 468 g/mol. The lowest BCUT2D eigenvalue weighted by Gasteiger charge is -2.26. The van der Waals surface area contributed by atoms with Crippen LogP contribution in [-0.4, -0.2) is 29.1 Å². The van der Waals surface area contributed by atoms with Crippen molar-refractivity contribution in [3.63, 3.8) is 0 Å². The molecule has 3 rings (SSSR count). The first-order chi connectivity index (χ1) is 16.4. The highest BCUT2D eigenvalue weighted by molar-refractivity contribution is 7.98. The van der Waals surface area contributed by atoms with Crippen molar-refractivity contribution in [2.24, 2.45) is 5.92 Å². The Morgan fingerprint density at radius 1 is 1.12 bits per heavy atom. The Morgan fingerprint density at radius 3 is 2.50 bits per heavy atom. The molecule has 0 spiro atoms. The molecular formula is C26H27ClN4O2S. The van der Waals surface area contributed by atoms with Gasteiger partial charge in [0.25, 0.3) is 0 Å². The van der Waals surface area contributed by atoms with E-state index in [0.29, 0.717) is 28.3 Å². The molecule has 1 unspecified atom stereocenters. The number of pyridine rings is 1. The number of carbonyl (C=O) groups excluding carboxylic acids is 2. The molecule has 1 heterocycles. The summed E-state index contributed by atoms with van der Waals surface area (Å²) in [6.45, 7) is 3.85. The normalized spacial score (nSPS) is 11.5. The zero-order valence-corrected chi connectivity index (χ0v) is 20.7. The second kappa shape index (κ2) is 12.3. The molecule has 1 aromatic heterocycles. The third-order valence-corrected chi connectivity index (χ3v) is 6.41. The van der Waals surface area contributed by atoms with Crippen molar-refractivity contribution >= 4 is 46.8 Å². The van der Waals surface area contributed by atoms with Crippen LogP contribution in [0.15, 0.2) is 78.0 Å². The van der Waals surface area contributed by atoms with Gasteiger partial charge in [-0.3, -0.25) is 24.7 Å². The van der Waals surface area contributed by atoms with E-state index in [2.05, 4.69) is 9.71 Å². The molecule has 8 heteroatoms. The van der Waals surface area contributed by atoms with Crippen molar-refractivity contribution in [3.8, 4) is 0 Å². The summed E-state index contributed by atoms with van der Waals surface area (Å²) in [5, 5.41) is 9.24. The van der Waals surface area contributed by atoms with E-state index in [1.807, 2.05) is 44.2 Å². The smallest absolute Gasteiger partial charge is 0.250 e. The van der Waals surface area contributed by atoms with E-state index in [0.717, 1.165) is 23.3 Å². The van der Waals surface area contributed by atoms with E-state index in [1.165, 1.54) is 4.90 Å². The summed E-state index contributed by atoms with van der Waals surface area (Å²) in [7, 11) is 0. The van der Waals surface area contributed by atoms with Crippen LogP contribution in [-0.2, 0) is 9.59 Å². The van der Waals surface area contributed by atoms with E-state index in [4.69, 9.17) is 17.0 Å². The van der Waals surface area contributed by atoms with E-state index in [1.54, 1.807) is 42.7 Å². The molecule has 0 bridgehead atoms. The lowest BCUT2D eigenvalue weighted by molar-refractivity contribution is -0.123. The lowest BCUT2D eigenvalue weighted by Crippen LogP contribution is -2.40. The minimum atomic E-state index is -0.327. The number of nitrogens with one attached hydrogen (secondary N) is 2. The number of hydrogen-bond acceptors (Lipinski definition) is 5. The summed E-state index contributed by atoms with van der Waals surface area (Å²) in [6, 6.07) is 17.9. The Labute approximate surface area is 209 Å². The SMILES string of the molecule is CCC(C)CC(=O)N(CC(=O)NSc1ccncc1)c1ccc(Cl)cc1C(=N)c1ccccc1. The van der Waals surface area contributed by atoms with Crippen molar-refractivity contribution in [2.75, 3.05) is 11.4 Å². The highest BCUT2D eigenvalue weighted by Gasteiger charge is 2.25. The van der Waals surface area contributed by atoms with Gasteiger partial charge in [-0.1, -0.05) is 62.2 Å². The minimum absolute atomic E-state index is 0.161. The van der Waals surface area contributed by atoms with Gasteiger partial charge in [-0.25, -0.2) is 0 Å². The third kappa shape index (κ3) is 6.92. The molecule has 2 aromatic carbocycles. The first-order valence-electron chi connectivity index (χ1n) is 11.0. The van der Waals surface area contributed by atoms with Gasteiger partial charge in [-0.15, -0.1) is 0 Å². The number of rotatable bonds is 10. The van der Waals surface area contributed by atoms with Crippen LogP contribution >= 0.6 is 23.5 Å². The Kier molecular flexibility index (Phi) is 9.24. The zero-order chi connectivity index (χ0) is 24.5. The van der Waals surface area contributed by atoms with Crippen LogP contribution in [0.25, 0.3) is 0 Å². The highest BCUT2D eigenvalue weighted by atomic mass is 35.5. The van der Waals surface area contributed by atoms with Gasteiger partial charge in [0, 0.05) is 39.9 Å². The number of benzene rings is 2. The fraction of sp³-hybridized carbons (Fsp3) is 0.231. The maximum Gasteiger partial charge on any atom is 0.250 e. The van der Waals surface area contributed by atoms with E-state index in [-0.39, 0.29) is 30.0 Å². The minimum Gasteiger partial charge on any atom is -0.302 e. The largest absolute Gasteiger partial charge is 0.302 e. The van der Waals surface area contributed by atoms with Crippen LogP contribution in [0.1, 0.15) is 37.8 Å². The van der Waals surface area contributed by atoms with E-state index < -0.39 is 0 Å². The molecule has 3 aromatic rings. The van der Waals surface area contributed by atoms with Gasteiger partial charge in [0.2, 0.25) is 11.8 Å². The summed E-state index contributed by atoms with van der Waals surface area (Å²) in [5.41, 5.74) is 1.89. The van der Waals surface area contributed by atoms with Gasteiger partial charge in [0.1, 0.15) is 6.54 Å². The van der Waals surface area contributed by atoms with Gasteiger partial charge in [-0.05, 0) is 48.2 Å². The van der Waals surface area contributed by atoms with Crippen molar-refractivity contribution in [3.05, 3.63) is 89.2 Å². The fourth-order valence-corrected chi connectivity index (χ4v) is 3.99. The number of nitrogens with zero attached hydrogens (tertiary/aromatic N) is 2. The van der Waals surface area contributed by atoms with Crippen LogP contribution in [0.3, 0.4) is 0 Å². The maximum absolute atomic E-state index is 13.3.